The van der Waals surface area contributed by atoms with Crippen molar-refractivity contribution < 1.29 is 5.11 Å². The van der Waals surface area contributed by atoms with Gasteiger partial charge in [-0.05, 0) is 17.4 Å². The summed E-state index contributed by atoms with van der Waals surface area (Å²) in [6.45, 7) is 11.6. The third-order valence-corrected chi connectivity index (χ3v) is 4.57. The summed E-state index contributed by atoms with van der Waals surface area (Å²) < 4.78 is 0. The summed E-state index contributed by atoms with van der Waals surface area (Å²) in [4.78, 5) is 6.45. The lowest BCUT2D eigenvalue weighted by atomic mass is 10.2. The molecule has 0 bridgehead atoms. The van der Waals surface area contributed by atoms with E-state index < -0.39 is 0 Å². The third kappa shape index (κ3) is 5.44. The second-order valence-electron chi connectivity index (χ2n) is 6.00. The lowest BCUT2D eigenvalue weighted by Gasteiger charge is -2.35. The molecule has 1 saturated heterocycles. The molecule has 0 saturated carbocycles. The smallest absolute Gasteiger partial charge is 0.0540 e. The highest BCUT2D eigenvalue weighted by atomic mass is 32.1. The van der Waals surface area contributed by atoms with E-state index in [1.807, 2.05) is 0 Å². The summed E-state index contributed by atoms with van der Waals surface area (Å²) in [5.74, 6) is 6.96. The lowest BCUT2D eigenvalue weighted by Crippen LogP contribution is -2.46. The van der Waals surface area contributed by atoms with Crippen molar-refractivity contribution in [2.75, 3.05) is 39.3 Å². The van der Waals surface area contributed by atoms with E-state index in [1.54, 1.807) is 11.3 Å². The summed E-state index contributed by atoms with van der Waals surface area (Å²) in [5.41, 5.74) is 1.14. The third-order valence-electron chi connectivity index (χ3n) is 3.66. The predicted octanol–water partition coefficient (Wildman–Crippen LogP) is 2.26. The summed E-state index contributed by atoms with van der Waals surface area (Å²) in [7, 11) is 0. The molecule has 3 nitrogen and oxygen atoms in total. The van der Waals surface area contributed by atoms with Gasteiger partial charge in [0.1, 0.15) is 0 Å². The Labute approximate surface area is 132 Å². The quantitative estimate of drug-likeness (QED) is 0.845. The average Bonchev–Trinajstić information content (AvgIpc) is 2.88. The van der Waals surface area contributed by atoms with E-state index >= 15 is 0 Å². The Bertz CT molecular complexity index is 478. The molecular weight excluding hydrogens is 280 g/mol. The Morgan fingerprint density at radius 3 is 2.62 bits per heavy atom. The molecule has 1 fully saturated rings. The van der Waals surface area contributed by atoms with E-state index in [9.17, 15) is 0 Å². The molecule has 0 amide bonds. The summed E-state index contributed by atoms with van der Waals surface area (Å²) in [6.07, 6.45) is 0.559. The number of rotatable bonds is 5. The van der Waals surface area contributed by atoms with Crippen molar-refractivity contribution >= 4 is 11.3 Å². The first-order valence-corrected chi connectivity index (χ1v) is 8.68. The van der Waals surface area contributed by atoms with Crippen LogP contribution in [0.5, 0.6) is 0 Å². The number of thiophene rings is 1. The fourth-order valence-electron chi connectivity index (χ4n) is 2.64. The van der Waals surface area contributed by atoms with Crippen molar-refractivity contribution in [3.63, 3.8) is 0 Å². The van der Waals surface area contributed by atoms with Crippen molar-refractivity contribution in [2.24, 2.45) is 5.92 Å². The molecule has 1 aliphatic heterocycles. The number of piperazine rings is 1. The summed E-state index contributed by atoms with van der Waals surface area (Å²) in [6, 6.07) is 2.10. The second kappa shape index (κ2) is 8.55. The van der Waals surface area contributed by atoms with E-state index in [4.69, 9.17) is 5.11 Å². The standard InChI is InChI=1S/C17H26N2OS/c1-15(2)13-18-7-9-19(10-8-18)14-17-16(6-12-21-17)5-3-4-11-20/h6,12,15,20H,4,7-11,13-14H2,1-2H3. The Morgan fingerprint density at radius 2 is 1.95 bits per heavy atom. The maximum atomic E-state index is 8.80. The number of nitrogens with zero attached hydrogens (tertiary/aromatic N) is 2. The normalized spacial score (nSPS) is 17.0. The first-order valence-electron chi connectivity index (χ1n) is 7.80. The van der Waals surface area contributed by atoms with Crippen LogP contribution in [-0.4, -0.2) is 54.2 Å². The Hall–Kier alpha value is -0.860. The largest absolute Gasteiger partial charge is 0.395 e. The van der Waals surface area contributed by atoms with Gasteiger partial charge in [0.25, 0.3) is 0 Å². The topological polar surface area (TPSA) is 26.7 Å². The molecular formula is C17H26N2OS. The fraction of sp³-hybridized carbons (Fsp3) is 0.647. The van der Waals surface area contributed by atoms with Gasteiger partial charge in [-0.2, -0.15) is 0 Å². The van der Waals surface area contributed by atoms with Gasteiger partial charge in [0.2, 0.25) is 0 Å². The molecule has 0 unspecified atom stereocenters. The molecule has 0 aliphatic carbocycles. The first kappa shape index (κ1) is 16.5. The number of aliphatic hydroxyl groups is 1. The van der Waals surface area contributed by atoms with Gasteiger partial charge in [-0.15, -0.1) is 11.3 Å². The van der Waals surface area contributed by atoms with Gasteiger partial charge in [0, 0.05) is 56.1 Å². The van der Waals surface area contributed by atoms with Crippen LogP contribution in [0.3, 0.4) is 0 Å². The predicted molar refractivity (Wildman–Crippen MR) is 89.5 cm³/mol. The average molecular weight is 306 g/mol. The van der Waals surface area contributed by atoms with Gasteiger partial charge >= 0.3 is 0 Å². The number of hydrogen-bond acceptors (Lipinski definition) is 4. The van der Waals surface area contributed by atoms with Crippen molar-refractivity contribution in [3.05, 3.63) is 21.9 Å². The Balaban J connectivity index is 1.84. The van der Waals surface area contributed by atoms with Crippen LogP contribution >= 0.6 is 11.3 Å². The molecule has 1 aromatic heterocycles. The van der Waals surface area contributed by atoms with E-state index in [2.05, 4.69) is 46.9 Å². The van der Waals surface area contributed by atoms with Crippen molar-refractivity contribution in [1.82, 2.24) is 9.80 Å². The SMILES string of the molecule is CC(C)CN1CCN(Cc2sccc2C#CCCO)CC1. The molecule has 0 radical (unpaired) electrons. The zero-order chi connectivity index (χ0) is 15.1. The highest BCUT2D eigenvalue weighted by Crippen LogP contribution is 2.19. The molecule has 1 aliphatic rings. The Morgan fingerprint density at radius 1 is 1.24 bits per heavy atom. The Kier molecular flexibility index (Phi) is 6.72. The monoisotopic (exact) mass is 306 g/mol. The molecule has 116 valence electrons. The van der Waals surface area contributed by atoms with E-state index in [0.717, 1.165) is 31.1 Å². The second-order valence-corrected chi connectivity index (χ2v) is 7.00. The lowest BCUT2D eigenvalue weighted by molar-refractivity contribution is 0.118. The van der Waals surface area contributed by atoms with Crippen molar-refractivity contribution in [2.45, 2.75) is 26.8 Å². The fourth-order valence-corrected chi connectivity index (χ4v) is 3.51. The van der Waals surface area contributed by atoms with Gasteiger partial charge in [0.15, 0.2) is 0 Å². The molecule has 2 rings (SSSR count). The first-order chi connectivity index (χ1) is 10.2. The van der Waals surface area contributed by atoms with Crippen LogP contribution in [0.2, 0.25) is 0 Å². The maximum absolute atomic E-state index is 8.80. The number of hydrogen-bond donors (Lipinski definition) is 1. The molecule has 21 heavy (non-hydrogen) atoms. The maximum Gasteiger partial charge on any atom is 0.0540 e. The molecule has 0 spiro atoms. The highest BCUT2D eigenvalue weighted by molar-refractivity contribution is 7.10. The zero-order valence-corrected chi connectivity index (χ0v) is 14.0. The van der Waals surface area contributed by atoms with E-state index in [0.29, 0.717) is 6.42 Å². The molecule has 0 atom stereocenters. The minimum atomic E-state index is 0.143. The molecule has 4 heteroatoms. The summed E-state index contributed by atoms with van der Waals surface area (Å²) >= 11 is 1.79. The van der Waals surface area contributed by atoms with Gasteiger partial charge < -0.3 is 10.0 Å². The van der Waals surface area contributed by atoms with Crippen LogP contribution < -0.4 is 0 Å². The molecule has 1 aromatic rings. The van der Waals surface area contributed by atoms with Crippen LogP contribution in [0.15, 0.2) is 11.4 Å². The van der Waals surface area contributed by atoms with E-state index in [-0.39, 0.29) is 6.61 Å². The molecule has 0 aromatic carbocycles. The van der Waals surface area contributed by atoms with Gasteiger partial charge in [0.05, 0.1) is 6.61 Å². The minimum absolute atomic E-state index is 0.143. The molecule has 1 N–H and O–H groups in total. The van der Waals surface area contributed by atoms with Crippen LogP contribution in [0.1, 0.15) is 30.7 Å². The van der Waals surface area contributed by atoms with Crippen LogP contribution in [0, 0.1) is 17.8 Å². The van der Waals surface area contributed by atoms with E-state index in [1.165, 1.54) is 24.5 Å². The zero-order valence-electron chi connectivity index (χ0n) is 13.1. The van der Waals surface area contributed by atoms with Crippen LogP contribution in [0.4, 0.5) is 0 Å². The number of aliphatic hydroxyl groups excluding tert-OH is 1. The van der Waals surface area contributed by atoms with Gasteiger partial charge in [-0.25, -0.2) is 0 Å². The summed E-state index contributed by atoms with van der Waals surface area (Å²) in [5, 5.41) is 10.9. The van der Waals surface area contributed by atoms with Gasteiger partial charge in [-0.3, -0.25) is 4.90 Å². The van der Waals surface area contributed by atoms with Crippen LogP contribution in [-0.2, 0) is 6.54 Å². The van der Waals surface area contributed by atoms with Gasteiger partial charge in [-0.1, -0.05) is 25.7 Å². The minimum Gasteiger partial charge on any atom is -0.395 e. The highest BCUT2D eigenvalue weighted by Gasteiger charge is 2.18. The van der Waals surface area contributed by atoms with Crippen molar-refractivity contribution in [1.29, 1.82) is 0 Å². The van der Waals surface area contributed by atoms with Crippen molar-refractivity contribution in [3.8, 4) is 11.8 Å². The molecule has 2 heterocycles. The van der Waals surface area contributed by atoms with Crippen LogP contribution in [0.25, 0.3) is 0 Å².